The summed E-state index contributed by atoms with van der Waals surface area (Å²) in [5.74, 6) is 0. The normalized spacial score (nSPS) is 29.0. The molecule has 2 heteroatoms. The molecule has 40 valence electrons. The van der Waals surface area contributed by atoms with E-state index in [0.29, 0.717) is 6.04 Å². The van der Waals surface area contributed by atoms with Gasteiger partial charge in [0.1, 0.15) is 0 Å². The van der Waals surface area contributed by atoms with Crippen LogP contribution in [0.2, 0.25) is 0 Å². The first-order valence-electron chi connectivity index (χ1n) is 2.45. The molecule has 0 saturated heterocycles. The second-order valence-corrected chi connectivity index (χ2v) is 2.21. The van der Waals surface area contributed by atoms with Crippen molar-refractivity contribution >= 4 is 5.71 Å². The molecule has 2 nitrogen and oxygen atoms in total. The first-order chi connectivity index (χ1) is 3.22. The van der Waals surface area contributed by atoms with E-state index in [0.717, 1.165) is 12.1 Å². The molecule has 0 aliphatic heterocycles. The van der Waals surface area contributed by atoms with Crippen molar-refractivity contribution in [1.82, 2.24) is 4.90 Å². The van der Waals surface area contributed by atoms with Crippen LogP contribution < -0.4 is 0 Å². The van der Waals surface area contributed by atoms with E-state index in [1.54, 1.807) is 0 Å². The van der Waals surface area contributed by atoms with Crippen molar-refractivity contribution in [3.63, 3.8) is 0 Å². The van der Waals surface area contributed by atoms with Gasteiger partial charge >= 0.3 is 0 Å². The van der Waals surface area contributed by atoms with Crippen molar-refractivity contribution < 1.29 is 0 Å². The van der Waals surface area contributed by atoms with Crippen LogP contribution in [0.4, 0.5) is 0 Å². The Labute approximate surface area is 43.6 Å². The van der Waals surface area contributed by atoms with Crippen LogP contribution in [-0.4, -0.2) is 30.7 Å². The molecular formula is C5H10N2. The summed E-state index contributed by atoms with van der Waals surface area (Å²) in [6, 6.07) is 0.486. The minimum atomic E-state index is 0.486. The van der Waals surface area contributed by atoms with Crippen molar-refractivity contribution in [2.24, 2.45) is 0 Å². The highest BCUT2D eigenvalue weighted by atomic mass is 15.1. The molecule has 0 aromatic rings. The van der Waals surface area contributed by atoms with E-state index in [1.165, 1.54) is 0 Å². The van der Waals surface area contributed by atoms with Crippen molar-refractivity contribution in [3.8, 4) is 0 Å². The molecule has 1 atom stereocenters. The monoisotopic (exact) mass is 98.1 g/mol. The summed E-state index contributed by atoms with van der Waals surface area (Å²) in [7, 11) is 4.01. The SMILES string of the molecule is CN(C)C1CC1=N. The molecule has 1 saturated carbocycles. The Balaban J connectivity index is 2.33. The van der Waals surface area contributed by atoms with Gasteiger partial charge in [-0.3, -0.25) is 0 Å². The van der Waals surface area contributed by atoms with Crippen LogP contribution in [0.15, 0.2) is 0 Å². The number of hydrogen-bond donors (Lipinski definition) is 1. The zero-order chi connectivity index (χ0) is 5.44. The largest absolute Gasteiger partial charge is 0.308 e. The molecular weight excluding hydrogens is 88.1 g/mol. The Morgan fingerprint density at radius 2 is 2.14 bits per heavy atom. The summed E-state index contributed by atoms with van der Waals surface area (Å²) in [5, 5.41) is 7.06. The standard InChI is InChI=1S/C5H10N2/c1-7(2)5-3-4(5)6/h5-6H,3H2,1-2H3. The van der Waals surface area contributed by atoms with Crippen molar-refractivity contribution in [2.75, 3.05) is 14.1 Å². The molecule has 0 spiro atoms. The molecule has 1 N–H and O–H groups in total. The summed E-state index contributed by atoms with van der Waals surface area (Å²) >= 11 is 0. The molecule has 1 aliphatic carbocycles. The summed E-state index contributed by atoms with van der Waals surface area (Å²) in [4.78, 5) is 2.07. The van der Waals surface area contributed by atoms with Crippen LogP contribution in [0.5, 0.6) is 0 Å². The molecule has 1 unspecified atom stereocenters. The maximum absolute atomic E-state index is 7.06. The van der Waals surface area contributed by atoms with Gasteiger partial charge in [-0.05, 0) is 14.1 Å². The Bertz CT molecular complexity index is 96.3. The Kier molecular flexibility index (Phi) is 0.889. The Morgan fingerprint density at radius 1 is 1.71 bits per heavy atom. The minimum absolute atomic E-state index is 0.486. The van der Waals surface area contributed by atoms with Crippen molar-refractivity contribution in [3.05, 3.63) is 0 Å². The molecule has 0 bridgehead atoms. The van der Waals surface area contributed by atoms with E-state index in [1.807, 2.05) is 14.1 Å². The molecule has 0 aromatic heterocycles. The fourth-order valence-electron chi connectivity index (χ4n) is 0.644. The van der Waals surface area contributed by atoms with Gasteiger partial charge in [0, 0.05) is 12.1 Å². The summed E-state index contributed by atoms with van der Waals surface area (Å²) < 4.78 is 0. The maximum atomic E-state index is 7.06. The van der Waals surface area contributed by atoms with E-state index in [4.69, 9.17) is 5.41 Å². The van der Waals surface area contributed by atoms with Gasteiger partial charge in [0.05, 0.1) is 6.04 Å². The predicted octanol–water partition coefficient (Wildman–Crippen LogP) is 0.340. The number of nitrogens with one attached hydrogen (secondary N) is 1. The molecule has 0 heterocycles. The number of hydrogen-bond acceptors (Lipinski definition) is 2. The number of nitrogens with zero attached hydrogens (tertiary/aromatic N) is 1. The summed E-state index contributed by atoms with van der Waals surface area (Å²) in [5.41, 5.74) is 0.880. The third-order valence-electron chi connectivity index (χ3n) is 1.28. The van der Waals surface area contributed by atoms with E-state index >= 15 is 0 Å². The highest BCUT2D eigenvalue weighted by Gasteiger charge is 2.31. The molecule has 0 aromatic carbocycles. The van der Waals surface area contributed by atoms with Crippen molar-refractivity contribution in [2.45, 2.75) is 12.5 Å². The van der Waals surface area contributed by atoms with Crippen LogP contribution >= 0.6 is 0 Å². The Hall–Kier alpha value is -0.370. The average molecular weight is 98.1 g/mol. The highest BCUT2D eigenvalue weighted by molar-refractivity contribution is 6.02. The van der Waals surface area contributed by atoms with E-state index in [2.05, 4.69) is 4.90 Å². The third-order valence-corrected chi connectivity index (χ3v) is 1.28. The van der Waals surface area contributed by atoms with Gasteiger partial charge < -0.3 is 10.3 Å². The van der Waals surface area contributed by atoms with Crippen LogP contribution in [0.25, 0.3) is 0 Å². The lowest BCUT2D eigenvalue weighted by atomic mass is 10.6. The highest BCUT2D eigenvalue weighted by Crippen LogP contribution is 2.18. The number of rotatable bonds is 1. The fourth-order valence-corrected chi connectivity index (χ4v) is 0.644. The second kappa shape index (κ2) is 1.30. The van der Waals surface area contributed by atoms with Gasteiger partial charge in [-0.1, -0.05) is 0 Å². The average Bonchev–Trinajstić information content (AvgIpc) is 2.17. The van der Waals surface area contributed by atoms with Gasteiger partial charge in [-0.2, -0.15) is 0 Å². The topological polar surface area (TPSA) is 27.1 Å². The van der Waals surface area contributed by atoms with Crippen LogP contribution in [0.1, 0.15) is 6.42 Å². The van der Waals surface area contributed by atoms with Crippen LogP contribution in [0.3, 0.4) is 0 Å². The van der Waals surface area contributed by atoms with E-state index in [-0.39, 0.29) is 0 Å². The van der Waals surface area contributed by atoms with Crippen molar-refractivity contribution in [1.29, 1.82) is 5.41 Å². The quantitative estimate of drug-likeness (QED) is 0.503. The lowest BCUT2D eigenvalue weighted by Gasteiger charge is -2.02. The van der Waals surface area contributed by atoms with E-state index < -0.39 is 0 Å². The van der Waals surface area contributed by atoms with Crippen LogP contribution in [-0.2, 0) is 0 Å². The third kappa shape index (κ3) is 0.800. The molecule has 1 aliphatic rings. The van der Waals surface area contributed by atoms with E-state index in [9.17, 15) is 0 Å². The zero-order valence-electron chi connectivity index (χ0n) is 4.73. The first kappa shape index (κ1) is 4.78. The van der Waals surface area contributed by atoms with Gasteiger partial charge in [0.2, 0.25) is 0 Å². The maximum Gasteiger partial charge on any atom is 0.0522 e. The summed E-state index contributed by atoms with van der Waals surface area (Å²) in [6.07, 6.45) is 0.993. The molecule has 1 rings (SSSR count). The smallest absolute Gasteiger partial charge is 0.0522 e. The second-order valence-electron chi connectivity index (χ2n) is 2.21. The van der Waals surface area contributed by atoms with Gasteiger partial charge in [-0.15, -0.1) is 0 Å². The molecule has 0 amide bonds. The zero-order valence-corrected chi connectivity index (χ0v) is 4.73. The fraction of sp³-hybridized carbons (Fsp3) is 0.800. The van der Waals surface area contributed by atoms with Gasteiger partial charge in [0.15, 0.2) is 0 Å². The first-order valence-corrected chi connectivity index (χ1v) is 2.45. The molecule has 0 radical (unpaired) electrons. The minimum Gasteiger partial charge on any atom is -0.308 e. The molecule has 7 heavy (non-hydrogen) atoms. The lowest BCUT2D eigenvalue weighted by molar-refractivity contribution is 0.417. The van der Waals surface area contributed by atoms with Crippen LogP contribution in [0, 0.1) is 5.41 Å². The molecule has 1 fully saturated rings. The Morgan fingerprint density at radius 3 is 2.14 bits per heavy atom. The van der Waals surface area contributed by atoms with Gasteiger partial charge in [-0.25, -0.2) is 0 Å². The summed E-state index contributed by atoms with van der Waals surface area (Å²) in [6.45, 7) is 0. The van der Waals surface area contributed by atoms with Gasteiger partial charge in [0.25, 0.3) is 0 Å². The lowest BCUT2D eigenvalue weighted by Crippen LogP contribution is -2.15. The predicted molar refractivity (Wildman–Crippen MR) is 29.8 cm³/mol.